The first-order valence-electron chi connectivity index (χ1n) is 9.24. The lowest BCUT2D eigenvalue weighted by Crippen LogP contribution is -2.31. The molecule has 0 spiro atoms. The maximum Gasteiger partial charge on any atom is 0.272 e. The van der Waals surface area contributed by atoms with Gasteiger partial charge in [-0.05, 0) is 76.1 Å². The maximum atomic E-state index is 13.0. The van der Waals surface area contributed by atoms with Crippen LogP contribution in [0, 0.1) is 0 Å². The van der Waals surface area contributed by atoms with Crippen LogP contribution in [0.2, 0.25) is 0 Å². The molecule has 0 saturated carbocycles. The van der Waals surface area contributed by atoms with Crippen LogP contribution in [0.25, 0.3) is 6.08 Å². The first kappa shape index (κ1) is 21.1. The standard InChI is InChI=1S/C23H16Br2N2O4/c24-15-6-8-16(9-7-15)26-23(29)19(27-22(28)17-3-1-2-4-18(17)25)11-14-5-10-20-21(12-14)31-13-30-20/h1-12H,13H2,(H,26,29)(H,27,28)/b19-11+. The summed E-state index contributed by atoms with van der Waals surface area (Å²) in [5.41, 5.74) is 1.77. The Kier molecular flexibility index (Phi) is 6.39. The summed E-state index contributed by atoms with van der Waals surface area (Å²) in [7, 11) is 0. The van der Waals surface area contributed by atoms with Crippen molar-refractivity contribution in [1.29, 1.82) is 0 Å². The molecule has 1 heterocycles. The fourth-order valence-corrected chi connectivity index (χ4v) is 3.62. The number of nitrogens with one attached hydrogen (secondary N) is 2. The zero-order valence-corrected chi connectivity index (χ0v) is 19.2. The van der Waals surface area contributed by atoms with E-state index in [9.17, 15) is 9.59 Å². The molecule has 31 heavy (non-hydrogen) atoms. The Hall–Kier alpha value is -3.10. The third-order valence-corrected chi connectivity index (χ3v) is 5.64. The van der Waals surface area contributed by atoms with Crippen molar-refractivity contribution in [2.75, 3.05) is 12.1 Å². The number of amides is 2. The number of ether oxygens (including phenoxy) is 2. The van der Waals surface area contributed by atoms with Crippen molar-refractivity contribution in [2.24, 2.45) is 0 Å². The summed E-state index contributed by atoms with van der Waals surface area (Å²) in [4.78, 5) is 25.9. The van der Waals surface area contributed by atoms with Crippen LogP contribution in [0.4, 0.5) is 5.69 Å². The molecule has 0 atom stereocenters. The highest BCUT2D eigenvalue weighted by Crippen LogP contribution is 2.33. The number of rotatable bonds is 5. The summed E-state index contributed by atoms with van der Waals surface area (Å²) >= 11 is 6.74. The molecule has 156 valence electrons. The van der Waals surface area contributed by atoms with Gasteiger partial charge >= 0.3 is 0 Å². The Morgan fingerprint density at radius 1 is 0.903 bits per heavy atom. The molecule has 2 amide bonds. The second-order valence-corrected chi connectivity index (χ2v) is 8.34. The van der Waals surface area contributed by atoms with Gasteiger partial charge in [0.05, 0.1) is 5.56 Å². The molecule has 0 fully saturated rings. The van der Waals surface area contributed by atoms with Gasteiger partial charge in [-0.15, -0.1) is 0 Å². The van der Waals surface area contributed by atoms with E-state index in [0.29, 0.717) is 32.8 Å². The lowest BCUT2D eigenvalue weighted by molar-refractivity contribution is -0.113. The number of hydrogen-bond donors (Lipinski definition) is 2. The van der Waals surface area contributed by atoms with Gasteiger partial charge in [-0.2, -0.15) is 0 Å². The topological polar surface area (TPSA) is 76.7 Å². The van der Waals surface area contributed by atoms with E-state index in [1.54, 1.807) is 54.6 Å². The van der Waals surface area contributed by atoms with Crippen LogP contribution in [0.15, 0.2) is 81.4 Å². The molecule has 0 saturated heterocycles. The van der Waals surface area contributed by atoms with Crippen molar-refractivity contribution >= 4 is 55.4 Å². The monoisotopic (exact) mass is 542 g/mol. The largest absolute Gasteiger partial charge is 0.454 e. The zero-order valence-electron chi connectivity index (χ0n) is 16.0. The van der Waals surface area contributed by atoms with E-state index in [1.807, 2.05) is 18.2 Å². The average Bonchev–Trinajstić information content (AvgIpc) is 3.23. The summed E-state index contributed by atoms with van der Waals surface area (Å²) < 4.78 is 12.3. The van der Waals surface area contributed by atoms with E-state index in [4.69, 9.17) is 9.47 Å². The van der Waals surface area contributed by atoms with Crippen LogP contribution in [0.3, 0.4) is 0 Å². The molecule has 0 radical (unpaired) electrons. The third kappa shape index (κ3) is 5.15. The number of hydrogen-bond acceptors (Lipinski definition) is 4. The van der Waals surface area contributed by atoms with Crippen LogP contribution in [0.5, 0.6) is 11.5 Å². The molecule has 2 N–H and O–H groups in total. The lowest BCUT2D eigenvalue weighted by atomic mass is 10.1. The van der Waals surface area contributed by atoms with E-state index in [2.05, 4.69) is 42.5 Å². The maximum absolute atomic E-state index is 13.0. The van der Waals surface area contributed by atoms with Gasteiger partial charge in [-0.1, -0.05) is 34.1 Å². The van der Waals surface area contributed by atoms with Crippen molar-refractivity contribution in [1.82, 2.24) is 5.32 Å². The van der Waals surface area contributed by atoms with Crippen LogP contribution < -0.4 is 20.1 Å². The van der Waals surface area contributed by atoms with Gasteiger partial charge in [0, 0.05) is 14.6 Å². The van der Waals surface area contributed by atoms with Crippen molar-refractivity contribution in [3.05, 3.63) is 92.5 Å². The number of benzene rings is 3. The van der Waals surface area contributed by atoms with Crippen molar-refractivity contribution in [3.63, 3.8) is 0 Å². The fraction of sp³-hybridized carbons (Fsp3) is 0.0435. The first-order chi connectivity index (χ1) is 15.0. The number of anilines is 1. The minimum atomic E-state index is -0.458. The minimum Gasteiger partial charge on any atom is -0.454 e. The second-order valence-electron chi connectivity index (χ2n) is 6.57. The molecule has 1 aliphatic rings. The van der Waals surface area contributed by atoms with Gasteiger partial charge in [-0.25, -0.2) is 0 Å². The van der Waals surface area contributed by atoms with Gasteiger partial charge in [0.15, 0.2) is 11.5 Å². The van der Waals surface area contributed by atoms with Gasteiger partial charge in [-0.3, -0.25) is 9.59 Å². The van der Waals surface area contributed by atoms with Crippen molar-refractivity contribution in [3.8, 4) is 11.5 Å². The Morgan fingerprint density at radius 3 is 2.42 bits per heavy atom. The van der Waals surface area contributed by atoms with E-state index in [0.717, 1.165) is 4.47 Å². The third-order valence-electron chi connectivity index (χ3n) is 4.42. The number of carbonyl (C=O) groups excluding carboxylic acids is 2. The number of halogens is 2. The zero-order chi connectivity index (χ0) is 21.8. The predicted octanol–water partition coefficient (Wildman–Crippen LogP) is 5.35. The Morgan fingerprint density at radius 2 is 1.65 bits per heavy atom. The molecule has 0 aromatic heterocycles. The smallest absolute Gasteiger partial charge is 0.272 e. The predicted molar refractivity (Wildman–Crippen MR) is 125 cm³/mol. The molecule has 0 aliphatic carbocycles. The molecule has 0 unspecified atom stereocenters. The summed E-state index contributed by atoms with van der Waals surface area (Å²) in [6.45, 7) is 0.151. The molecule has 6 nitrogen and oxygen atoms in total. The molecular formula is C23H16Br2N2O4. The van der Waals surface area contributed by atoms with Gasteiger partial charge in [0.25, 0.3) is 11.8 Å². The normalized spacial score (nSPS) is 12.4. The summed E-state index contributed by atoms with van der Waals surface area (Å²) in [6, 6.07) is 19.4. The highest BCUT2D eigenvalue weighted by Gasteiger charge is 2.18. The van der Waals surface area contributed by atoms with Gasteiger partial charge < -0.3 is 20.1 Å². The highest BCUT2D eigenvalue weighted by atomic mass is 79.9. The molecule has 8 heteroatoms. The van der Waals surface area contributed by atoms with E-state index < -0.39 is 11.8 Å². The average molecular weight is 544 g/mol. The van der Waals surface area contributed by atoms with E-state index in [-0.39, 0.29) is 12.5 Å². The minimum absolute atomic E-state index is 0.0857. The summed E-state index contributed by atoms with van der Waals surface area (Å²) in [5.74, 6) is 0.347. The van der Waals surface area contributed by atoms with Crippen LogP contribution in [0.1, 0.15) is 15.9 Å². The Bertz CT molecular complexity index is 1180. The molecular weight excluding hydrogens is 528 g/mol. The Balaban J connectivity index is 1.64. The van der Waals surface area contributed by atoms with Gasteiger partial charge in [0.2, 0.25) is 6.79 Å². The number of fused-ring (bicyclic) bond motifs is 1. The number of carbonyl (C=O) groups is 2. The van der Waals surface area contributed by atoms with Crippen LogP contribution in [-0.4, -0.2) is 18.6 Å². The molecule has 3 aromatic carbocycles. The van der Waals surface area contributed by atoms with Crippen molar-refractivity contribution < 1.29 is 19.1 Å². The SMILES string of the molecule is O=C(Nc1ccc(Br)cc1)/C(=C\c1ccc2c(c1)OCO2)NC(=O)c1ccccc1Br. The van der Waals surface area contributed by atoms with Crippen LogP contribution >= 0.6 is 31.9 Å². The second kappa shape index (κ2) is 9.36. The molecule has 1 aliphatic heterocycles. The molecule has 4 rings (SSSR count). The highest BCUT2D eigenvalue weighted by molar-refractivity contribution is 9.10. The van der Waals surface area contributed by atoms with Crippen LogP contribution in [-0.2, 0) is 4.79 Å². The summed E-state index contributed by atoms with van der Waals surface area (Å²) in [5, 5.41) is 5.52. The quantitative estimate of drug-likeness (QED) is 0.425. The summed E-state index contributed by atoms with van der Waals surface area (Å²) in [6.07, 6.45) is 1.59. The lowest BCUT2D eigenvalue weighted by Gasteiger charge is -2.12. The Labute approximate surface area is 195 Å². The molecule has 0 bridgehead atoms. The fourth-order valence-electron chi connectivity index (χ4n) is 2.89. The van der Waals surface area contributed by atoms with E-state index >= 15 is 0 Å². The van der Waals surface area contributed by atoms with E-state index in [1.165, 1.54) is 0 Å². The molecule has 3 aromatic rings. The first-order valence-corrected chi connectivity index (χ1v) is 10.8. The van der Waals surface area contributed by atoms with Gasteiger partial charge in [0.1, 0.15) is 5.70 Å². The van der Waals surface area contributed by atoms with Crippen molar-refractivity contribution in [2.45, 2.75) is 0 Å².